The molecule has 5 heterocycles. The zero-order valence-corrected chi connectivity index (χ0v) is 20.3. The smallest absolute Gasteiger partial charge is 0.386 e. The van der Waals surface area contributed by atoms with Crippen molar-refractivity contribution in [3.8, 4) is 11.4 Å². The number of pyridine rings is 1. The van der Waals surface area contributed by atoms with Crippen LogP contribution in [-0.2, 0) is 6.54 Å². The number of alkyl halides is 5. The Morgan fingerprint density at radius 1 is 1.16 bits per heavy atom. The molecule has 10 nitrogen and oxygen atoms in total. The van der Waals surface area contributed by atoms with E-state index >= 15 is 0 Å². The molecular formula is C23H25F5N8O2. The summed E-state index contributed by atoms with van der Waals surface area (Å²) in [5.74, 6) is -2.70. The second kappa shape index (κ2) is 8.01. The van der Waals surface area contributed by atoms with Crippen LogP contribution in [0, 0.1) is 0 Å². The third kappa shape index (κ3) is 4.41. The predicted molar refractivity (Wildman–Crippen MR) is 126 cm³/mol. The van der Waals surface area contributed by atoms with Crippen LogP contribution in [0.3, 0.4) is 0 Å². The summed E-state index contributed by atoms with van der Waals surface area (Å²) < 4.78 is 69.0. The molecule has 3 aromatic heterocycles. The average Bonchev–Trinajstić information content (AvgIpc) is 3.29. The first kappa shape index (κ1) is 24.8. The fraction of sp³-hybridized carbons (Fsp3) is 0.565. The lowest BCUT2D eigenvalue weighted by atomic mass is 9.97. The van der Waals surface area contributed by atoms with E-state index in [4.69, 9.17) is 0 Å². The number of aliphatic hydroxyl groups is 1. The topological polar surface area (TPSA) is 115 Å². The van der Waals surface area contributed by atoms with E-state index in [-0.39, 0.29) is 54.3 Å². The number of hydrogen-bond acceptors (Lipinski definition) is 6. The molecule has 0 aromatic carbocycles. The molecule has 3 fully saturated rings. The van der Waals surface area contributed by atoms with Gasteiger partial charge >= 0.3 is 12.2 Å². The summed E-state index contributed by atoms with van der Waals surface area (Å²) in [4.78, 5) is 20.2. The molecule has 1 spiro atoms. The minimum Gasteiger partial charge on any atom is -0.386 e. The van der Waals surface area contributed by atoms with Gasteiger partial charge in [0.25, 0.3) is 5.92 Å². The van der Waals surface area contributed by atoms with Crippen molar-refractivity contribution in [2.24, 2.45) is 0 Å². The second-order valence-electron chi connectivity index (χ2n) is 10.8. The van der Waals surface area contributed by atoms with Gasteiger partial charge in [-0.15, -0.1) is 0 Å². The quantitative estimate of drug-likeness (QED) is 0.435. The lowest BCUT2D eigenvalue weighted by Gasteiger charge is -2.44. The average molecular weight is 540 g/mol. The third-order valence-electron chi connectivity index (χ3n) is 7.44. The van der Waals surface area contributed by atoms with Crippen LogP contribution in [0.4, 0.5) is 38.3 Å². The molecule has 3 aliphatic rings. The summed E-state index contributed by atoms with van der Waals surface area (Å²) in [7, 11) is 0. The first-order chi connectivity index (χ1) is 17.7. The minimum absolute atomic E-state index is 0.147. The molecule has 6 rings (SSSR count). The Balaban J connectivity index is 1.31. The van der Waals surface area contributed by atoms with Crippen molar-refractivity contribution in [1.82, 2.24) is 29.9 Å². The van der Waals surface area contributed by atoms with Crippen LogP contribution in [0.1, 0.15) is 32.6 Å². The summed E-state index contributed by atoms with van der Waals surface area (Å²) in [6.07, 6.45) is -0.592. The summed E-state index contributed by atoms with van der Waals surface area (Å²) >= 11 is 0. The van der Waals surface area contributed by atoms with Gasteiger partial charge in [-0.25, -0.2) is 13.6 Å². The summed E-state index contributed by atoms with van der Waals surface area (Å²) in [5, 5.41) is 23.8. The molecule has 204 valence electrons. The fourth-order valence-electron chi connectivity index (χ4n) is 5.38. The molecule has 1 aliphatic carbocycles. The van der Waals surface area contributed by atoms with Crippen molar-refractivity contribution < 1.29 is 31.9 Å². The van der Waals surface area contributed by atoms with Gasteiger partial charge < -0.3 is 20.2 Å². The number of β-amino-alcohol motifs (C(OH)–C–C–N with tert-alkyl or cyclic N) is 1. The standard InChI is InChI=1S/C23H25F5N8O2/c1-20(38)9-34(10-20)18-13-7-29-14(6-16(13)36(33-18)12-23(26,27)28)17-15(8-30-32-17)31-19(37)35-11-22(24,25)5-4-21(35)2-3-21/h6-8,38H,2-5,9-12H2,1H3,(H,30,32)(H,31,37). The Bertz CT molecular complexity index is 1400. The molecule has 2 aliphatic heterocycles. The Labute approximate surface area is 212 Å². The van der Waals surface area contributed by atoms with E-state index in [0.717, 1.165) is 4.68 Å². The van der Waals surface area contributed by atoms with Gasteiger partial charge in [0.05, 0.1) is 40.6 Å². The van der Waals surface area contributed by atoms with Crippen LogP contribution in [0.15, 0.2) is 18.5 Å². The number of anilines is 2. The highest BCUT2D eigenvalue weighted by molar-refractivity contribution is 5.96. The number of likely N-dealkylation sites (tertiary alicyclic amines) is 1. The highest BCUT2D eigenvalue weighted by Gasteiger charge is 2.57. The van der Waals surface area contributed by atoms with Crippen molar-refractivity contribution in [3.05, 3.63) is 18.5 Å². The van der Waals surface area contributed by atoms with Gasteiger partial charge in [0.15, 0.2) is 5.82 Å². The maximum absolute atomic E-state index is 14.1. The maximum atomic E-state index is 14.1. The number of nitrogens with one attached hydrogen (secondary N) is 2. The molecule has 0 radical (unpaired) electrons. The van der Waals surface area contributed by atoms with Crippen LogP contribution in [0.25, 0.3) is 22.3 Å². The number of carbonyl (C=O) groups is 1. The lowest BCUT2D eigenvalue weighted by molar-refractivity contribution is -0.141. The Hall–Kier alpha value is -3.49. The number of carbonyl (C=O) groups excluding carboxylic acids is 1. The Morgan fingerprint density at radius 2 is 1.87 bits per heavy atom. The van der Waals surface area contributed by atoms with Crippen LogP contribution in [0.2, 0.25) is 0 Å². The van der Waals surface area contributed by atoms with Crippen molar-refractivity contribution >= 4 is 28.4 Å². The van der Waals surface area contributed by atoms with Crippen LogP contribution in [-0.4, -0.2) is 83.9 Å². The molecule has 0 unspecified atom stereocenters. The number of fused-ring (bicyclic) bond motifs is 1. The van der Waals surface area contributed by atoms with E-state index in [1.165, 1.54) is 23.4 Å². The predicted octanol–water partition coefficient (Wildman–Crippen LogP) is 3.75. The monoisotopic (exact) mass is 540 g/mol. The number of amides is 2. The molecule has 1 saturated carbocycles. The van der Waals surface area contributed by atoms with Gasteiger partial charge in [-0.05, 0) is 32.3 Å². The van der Waals surface area contributed by atoms with Gasteiger partial charge in [0.2, 0.25) is 0 Å². The highest BCUT2D eigenvalue weighted by Crippen LogP contribution is 2.51. The number of hydrogen-bond donors (Lipinski definition) is 3. The SMILES string of the molecule is CC1(O)CN(c2nn(CC(F)(F)F)c3cc(-c4[nH]ncc4NC(=O)N4CC(F)(F)CCC45CC5)ncc23)C1. The second-order valence-corrected chi connectivity index (χ2v) is 10.8. The molecule has 0 atom stereocenters. The Morgan fingerprint density at radius 3 is 2.53 bits per heavy atom. The van der Waals surface area contributed by atoms with Crippen molar-refractivity contribution in [3.63, 3.8) is 0 Å². The van der Waals surface area contributed by atoms with Gasteiger partial charge in [0.1, 0.15) is 12.2 Å². The fourth-order valence-corrected chi connectivity index (χ4v) is 5.38. The van der Waals surface area contributed by atoms with Crippen molar-refractivity contribution in [1.29, 1.82) is 0 Å². The Kier molecular flexibility index (Phi) is 5.23. The summed E-state index contributed by atoms with van der Waals surface area (Å²) in [6.45, 7) is 0.0220. The number of piperidine rings is 1. The van der Waals surface area contributed by atoms with Gasteiger partial charge in [-0.2, -0.15) is 23.4 Å². The van der Waals surface area contributed by atoms with E-state index in [1.54, 1.807) is 11.8 Å². The number of H-pyrrole nitrogens is 1. The zero-order chi connectivity index (χ0) is 27.1. The summed E-state index contributed by atoms with van der Waals surface area (Å²) in [5.41, 5.74) is -0.827. The minimum atomic E-state index is -4.54. The van der Waals surface area contributed by atoms with Crippen LogP contribution in [0.5, 0.6) is 0 Å². The highest BCUT2D eigenvalue weighted by atomic mass is 19.4. The number of nitrogens with zero attached hydrogens (tertiary/aromatic N) is 6. The normalized spacial score (nSPS) is 21.6. The van der Waals surface area contributed by atoms with E-state index < -0.39 is 42.4 Å². The molecule has 38 heavy (non-hydrogen) atoms. The zero-order valence-electron chi connectivity index (χ0n) is 20.3. The van der Waals surface area contributed by atoms with Gasteiger partial charge in [-0.3, -0.25) is 14.8 Å². The number of aromatic nitrogens is 5. The number of aromatic amines is 1. The molecular weight excluding hydrogens is 515 g/mol. The first-order valence-electron chi connectivity index (χ1n) is 12.2. The third-order valence-corrected chi connectivity index (χ3v) is 7.44. The van der Waals surface area contributed by atoms with E-state index in [2.05, 4.69) is 25.6 Å². The first-order valence-corrected chi connectivity index (χ1v) is 12.2. The molecule has 15 heteroatoms. The van der Waals surface area contributed by atoms with Gasteiger partial charge in [0, 0.05) is 31.2 Å². The number of rotatable bonds is 4. The molecule has 2 saturated heterocycles. The largest absolute Gasteiger partial charge is 0.408 e. The van der Waals surface area contributed by atoms with E-state index in [9.17, 15) is 31.9 Å². The maximum Gasteiger partial charge on any atom is 0.408 e. The molecule has 3 N–H and O–H groups in total. The molecule has 0 bridgehead atoms. The van der Waals surface area contributed by atoms with E-state index in [1.807, 2.05) is 0 Å². The van der Waals surface area contributed by atoms with Gasteiger partial charge in [-0.1, -0.05) is 0 Å². The van der Waals surface area contributed by atoms with Crippen molar-refractivity contribution in [2.75, 3.05) is 29.9 Å². The van der Waals surface area contributed by atoms with Crippen LogP contribution < -0.4 is 10.2 Å². The molecule has 3 aromatic rings. The van der Waals surface area contributed by atoms with Crippen LogP contribution >= 0.6 is 0 Å². The number of halogens is 5. The molecule has 2 amide bonds. The number of urea groups is 1. The summed E-state index contributed by atoms with van der Waals surface area (Å²) in [6, 6.07) is 0.704. The van der Waals surface area contributed by atoms with Crippen molar-refractivity contribution in [2.45, 2.75) is 62.4 Å². The lowest BCUT2D eigenvalue weighted by Crippen LogP contribution is -2.60. The van der Waals surface area contributed by atoms with E-state index in [0.29, 0.717) is 18.2 Å².